The van der Waals surface area contributed by atoms with Gasteiger partial charge in [-0.15, -0.1) is 0 Å². The number of benzene rings is 2. The highest BCUT2D eigenvalue weighted by Gasteiger charge is 2.18. The second kappa shape index (κ2) is 7.43. The summed E-state index contributed by atoms with van der Waals surface area (Å²) in [6.07, 6.45) is 0. The Morgan fingerprint density at radius 3 is 2.41 bits per heavy atom. The Hall–Kier alpha value is -1.84. The molecule has 0 spiro atoms. The fraction of sp³-hybridized carbons (Fsp3) is 0.278. The van der Waals surface area contributed by atoms with E-state index in [9.17, 15) is 4.79 Å². The molecule has 2 aromatic rings. The SMILES string of the molecule is Cc1ccccc1C(=O)NCC(c1ccccc1Cl)N(C)C. The van der Waals surface area contributed by atoms with Crippen LogP contribution in [0, 0.1) is 6.92 Å². The first-order valence-corrected chi connectivity index (χ1v) is 7.63. The van der Waals surface area contributed by atoms with E-state index < -0.39 is 0 Å². The standard InChI is InChI=1S/C18H21ClN2O/c1-13-8-4-5-9-14(13)18(22)20-12-17(21(2)3)15-10-6-7-11-16(15)19/h4-11,17H,12H2,1-3H3,(H,20,22). The number of likely N-dealkylation sites (N-methyl/N-ethyl adjacent to an activating group) is 1. The van der Waals surface area contributed by atoms with Gasteiger partial charge in [-0.25, -0.2) is 0 Å². The molecule has 0 heterocycles. The van der Waals surface area contributed by atoms with Gasteiger partial charge in [0.25, 0.3) is 5.91 Å². The van der Waals surface area contributed by atoms with Crippen LogP contribution >= 0.6 is 11.6 Å². The molecule has 0 aliphatic heterocycles. The lowest BCUT2D eigenvalue weighted by Gasteiger charge is -2.26. The number of carbonyl (C=O) groups excluding carboxylic acids is 1. The van der Waals surface area contributed by atoms with Crippen LogP contribution in [0.1, 0.15) is 27.5 Å². The molecule has 4 heteroatoms. The average Bonchev–Trinajstić information content (AvgIpc) is 2.49. The van der Waals surface area contributed by atoms with Crippen LogP contribution in [0.4, 0.5) is 0 Å². The largest absolute Gasteiger partial charge is 0.350 e. The molecule has 2 rings (SSSR count). The number of aryl methyl sites for hydroxylation is 1. The van der Waals surface area contributed by atoms with Crippen LogP contribution in [-0.2, 0) is 0 Å². The summed E-state index contributed by atoms with van der Waals surface area (Å²) in [6.45, 7) is 2.44. The molecule has 0 fully saturated rings. The van der Waals surface area contributed by atoms with Crippen molar-refractivity contribution in [2.24, 2.45) is 0 Å². The Morgan fingerprint density at radius 1 is 1.14 bits per heavy atom. The lowest BCUT2D eigenvalue weighted by atomic mass is 10.0. The summed E-state index contributed by atoms with van der Waals surface area (Å²) in [7, 11) is 3.96. The van der Waals surface area contributed by atoms with E-state index in [-0.39, 0.29) is 11.9 Å². The molecular formula is C18H21ClN2O. The third-order valence-electron chi connectivity index (χ3n) is 3.73. The van der Waals surface area contributed by atoms with E-state index in [0.717, 1.165) is 11.1 Å². The Bertz CT molecular complexity index is 655. The summed E-state index contributed by atoms with van der Waals surface area (Å²) in [5.74, 6) is -0.0583. The van der Waals surface area contributed by atoms with Gasteiger partial charge < -0.3 is 10.2 Å². The Balaban J connectivity index is 2.12. The van der Waals surface area contributed by atoms with Gasteiger partial charge >= 0.3 is 0 Å². The number of nitrogens with one attached hydrogen (secondary N) is 1. The Kier molecular flexibility index (Phi) is 5.58. The predicted molar refractivity (Wildman–Crippen MR) is 91.4 cm³/mol. The topological polar surface area (TPSA) is 32.3 Å². The van der Waals surface area contributed by atoms with Gasteiger partial charge in [0.1, 0.15) is 0 Å². The second-order valence-electron chi connectivity index (χ2n) is 5.53. The minimum Gasteiger partial charge on any atom is -0.350 e. The van der Waals surface area contributed by atoms with E-state index in [2.05, 4.69) is 10.2 Å². The fourth-order valence-corrected chi connectivity index (χ4v) is 2.69. The quantitative estimate of drug-likeness (QED) is 0.912. The van der Waals surface area contributed by atoms with Gasteiger partial charge in [-0.1, -0.05) is 48.0 Å². The van der Waals surface area contributed by atoms with Crippen LogP contribution in [0.2, 0.25) is 5.02 Å². The summed E-state index contributed by atoms with van der Waals surface area (Å²) < 4.78 is 0. The number of nitrogens with zero attached hydrogens (tertiary/aromatic N) is 1. The number of rotatable bonds is 5. The number of halogens is 1. The van der Waals surface area contributed by atoms with E-state index in [1.807, 2.05) is 69.6 Å². The molecule has 0 aliphatic rings. The van der Waals surface area contributed by atoms with Crippen LogP contribution in [-0.4, -0.2) is 31.4 Å². The van der Waals surface area contributed by atoms with Crippen molar-refractivity contribution >= 4 is 17.5 Å². The molecule has 1 unspecified atom stereocenters. The van der Waals surface area contributed by atoms with Gasteiger partial charge in [-0.05, 0) is 44.3 Å². The van der Waals surface area contributed by atoms with Crippen molar-refractivity contribution in [3.8, 4) is 0 Å². The van der Waals surface area contributed by atoms with Gasteiger partial charge in [-0.2, -0.15) is 0 Å². The first kappa shape index (κ1) is 16.5. The van der Waals surface area contributed by atoms with Crippen molar-refractivity contribution in [1.29, 1.82) is 0 Å². The zero-order valence-electron chi connectivity index (χ0n) is 13.1. The zero-order chi connectivity index (χ0) is 16.1. The molecule has 0 radical (unpaired) electrons. The second-order valence-corrected chi connectivity index (χ2v) is 5.93. The summed E-state index contributed by atoms with van der Waals surface area (Å²) in [5.41, 5.74) is 2.69. The van der Waals surface area contributed by atoms with Crippen LogP contribution < -0.4 is 5.32 Å². The first-order chi connectivity index (χ1) is 10.5. The molecular weight excluding hydrogens is 296 g/mol. The molecule has 116 valence electrons. The number of carbonyl (C=O) groups is 1. The van der Waals surface area contributed by atoms with E-state index in [0.29, 0.717) is 17.1 Å². The van der Waals surface area contributed by atoms with Gasteiger partial charge in [-0.3, -0.25) is 4.79 Å². The van der Waals surface area contributed by atoms with E-state index in [4.69, 9.17) is 11.6 Å². The molecule has 0 aliphatic carbocycles. The van der Waals surface area contributed by atoms with Crippen molar-refractivity contribution in [2.45, 2.75) is 13.0 Å². The van der Waals surface area contributed by atoms with Crippen molar-refractivity contribution in [3.05, 3.63) is 70.2 Å². The molecule has 0 bridgehead atoms. The summed E-state index contributed by atoms with van der Waals surface area (Å²) in [6, 6.07) is 15.3. The monoisotopic (exact) mass is 316 g/mol. The van der Waals surface area contributed by atoms with Crippen molar-refractivity contribution in [1.82, 2.24) is 10.2 Å². The van der Waals surface area contributed by atoms with Crippen LogP contribution in [0.5, 0.6) is 0 Å². The number of hydrogen-bond acceptors (Lipinski definition) is 2. The third-order valence-corrected chi connectivity index (χ3v) is 4.08. The van der Waals surface area contributed by atoms with Gasteiger partial charge in [0, 0.05) is 17.1 Å². The maximum atomic E-state index is 12.3. The normalized spacial score (nSPS) is 12.2. The first-order valence-electron chi connectivity index (χ1n) is 7.25. The summed E-state index contributed by atoms with van der Waals surface area (Å²) >= 11 is 6.28. The number of hydrogen-bond donors (Lipinski definition) is 1. The van der Waals surface area contributed by atoms with Crippen molar-refractivity contribution in [2.75, 3.05) is 20.6 Å². The summed E-state index contributed by atoms with van der Waals surface area (Å²) in [4.78, 5) is 14.4. The van der Waals surface area contributed by atoms with Crippen LogP contribution in [0.25, 0.3) is 0 Å². The van der Waals surface area contributed by atoms with Gasteiger partial charge in [0.2, 0.25) is 0 Å². The molecule has 3 nitrogen and oxygen atoms in total. The third kappa shape index (κ3) is 3.87. The van der Waals surface area contributed by atoms with E-state index >= 15 is 0 Å². The van der Waals surface area contributed by atoms with Crippen LogP contribution in [0.15, 0.2) is 48.5 Å². The smallest absolute Gasteiger partial charge is 0.251 e. The zero-order valence-corrected chi connectivity index (χ0v) is 13.9. The summed E-state index contributed by atoms with van der Waals surface area (Å²) in [5, 5.41) is 3.72. The maximum absolute atomic E-state index is 12.3. The molecule has 1 N–H and O–H groups in total. The molecule has 1 amide bonds. The lowest BCUT2D eigenvalue weighted by Crippen LogP contribution is -2.35. The molecule has 0 aromatic heterocycles. The van der Waals surface area contributed by atoms with Crippen molar-refractivity contribution in [3.63, 3.8) is 0 Å². The molecule has 2 aromatic carbocycles. The maximum Gasteiger partial charge on any atom is 0.251 e. The Labute approximate surface area is 136 Å². The van der Waals surface area contributed by atoms with Crippen LogP contribution in [0.3, 0.4) is 0 Å². The molecule has 1 atom stereocenters. The number of amides is 1. The molecule has 0 saturated carbocycles. The Morgan fingerprint density at radius 2 is 1.77 bits per heavy atom. The highest BCUT2D eigenvalue weighted by Crippen LogP contribution is 2.25. The minimum atomic E-state index is -0.0583. The van der Waals surface area contributed by atoms with Gasteiger partial charge in [0.05, 0.1) is 6.04 Å². The molecule has 22 heavy (non-hydrogen) atoms. The van der Waals surface area contributed by atoms with Gasteiger partial charge in [0.15, 0.2) is 0 Å². The minimum absolute atomic E-state index is 0.0293. The highest BCUT2D eigenvalue weighted by atomic mass is 35.5. The fourth-order valence-electron chi connectivity index (χ4n) is 2.43. The molecule has 0 saturated heterocycles. The average molecular weight is 317 g/mol. The highest BCUT2D eigenvalue weighted by molar-refractivity contribution is 6.31. The van der Waals surface area contributed by atoms with E-state index in [1.54, 1.807) is 0 Å². The lowest BCUT2D eigenvalue weighted by molar-refractivity contribution is 0.0941. The van der Waals surface area contributed by atoms with E-state index in [1.165, 1.54) is 0 Å². The van der Waals surface area contributed by atoms with Crippen molar-refractivity contribution < 1.29 is 4.79 Å². The predicted octanol–water partition coefficient (Wildman–Crippen LogP) is 3.68.